The van der Waals surface area contributed by atoms with E-state index in [1.165, 1.54) is 19.3 Å². The molecule has 1 aliphatic carbocycles. The van der Waals surface area contributed by atoms with Gasteiger partial charge in [0.25, 0.3) is 0 Å². The predicted molar refractivity (Wildman–Crippen MR) is 90.4 cm³/mol. The number of hydrogen-bond acceptors (Lipinski definition) is 3. The molecule has 118 valence electrons. The fourth-order valence-corrected chi connectivity index (χ4v) is 5.12. The molecule has 0 aromatic carbocycles. The lowest BCUT2D eigenvalue weighted by molar-refractivity contribution is -0.0796. The van der Waals surface area contributed by atoms with Gasteiger partial charge in [0.15, 0.2) is 0 Å². The first-order chi connectivity index (χ1) is 10.0. The molecule has 1 saturated heterocycles. The number of thiophene rings is 1. The second-order valence-electron chi connectivity index (χ2n) is 7.27. The zero-order valence-corrected chi connectivity index (χ0v) is 14.7. The van der Waals surface area contributed by atoms with Gasteiger partial charge in [-0.15, -0.1) is 11.3 Å². The third kappa shape index (κ3) is 3.52. The molecule has 0 bridgehead atoms. The van der Waals surface area contributed by atoms with Gasteiger partial charge in [-0.25, -0.2) is 0 Å². The largest absolute Gasteiger partial charge is 0.373 e. The Balaban J connectivity index is 1.62. The van der Waals surface area contributed by atoms with Gasteiger partial charge in [-0.05, 0) is 57.1 Å². The second-order valence-corrected chi connectivity index (χ2v) is 8.42. The van der Waals surface area contributed by atoms with E-state index in [0.29, 0.717) is 18.1 Å². The Morgan fingerprint density at radius 3 is 2.48 bits per heavy atom. The molecule has 0 spiro atoms. The maximum Gasteiger partial charge on any atom is 0.0678 e. The summed E-state index contributed by atoms with van der Waals surface area (Å²) >= 11 is 2.04. The highest BCUT2D eigenvalue weighted by molar-refractivity contribution is 7.12. The Bertz CT molecular complexity index is 460. The minimum absolute atomic E-state index is 0.391. The highest BCUT2D eigenvalue weighted by Crippen LogP contribution is 2.41. The van der Waals surface area contributed by atoms with Crippen LogP contribution in [-0.2, 0) is 4.74 Å². The minimum atomic E-state index is 0.391. The van der Waals surface area contributed by atoms with Crippen LogP contribution in [0.4, 0.5) is 0 Å². The lowest BCUT2D eigenvalue weighted by Crippen LogP contribution is -2.49. The van der Waals surface area contributed by atoms with Crippen molar-refractivity contribution in [2.24, 2.45) is 0 Å². The zero-order valence-electron chi connectivity index (χ0n) is 13.8. The van der Waals surface area contributed by atoms with Crippen LogP contribution in [0.3, 0.4) is 0 Å². The van der Waals surface area contributed by atoms with Crippen LogP contribution in [0.1, 0.15) is 68.5 Å². The summed E-state index contributed by atoms with van der Waals surface area (Å²) in [6, 6.07) is 5.50. The molecule has 3 rings (SSSR count). The molecule has 3 heteroatoms. The Morgan fingerprint density at radius 2 is 1.86 bits per heavy atom. The highest BCUT2D eigenvalue weighted by atomic mass is 32.1. The van der Waals surface area contributed by atoms with Gasteiger partial charge < -0.3 is 4.74 Å². The van der Waals surface area contributed by atoms with Crippen molar-refractivity contribution in [1.29, 1.82) is 0 Å². The number of rotatable bonds is 3. The highest BCUT2D eigenvalue weighted by Gasteiger charge is 2.34. The quantitative estimate of drug-likeness (QED) is 0.808. The molecule has 0 unspecified atom stereocenters. The molecule has 1 aromatic heterocycles. The summed E-state index contributed by atoms with van der Waals surface area (Å²) in [4.78, 5) is 5.85. The second kappa shape index (κ2) is 6.39. The van der Waals surface area contributed by atoms with Crippen molar-refractivity contribution in [1.82, 2.24) is 4.90 Å². The third-order valence-corrected chi connectivity index (χ3v) is 6.54. The van der Waals surface area contributed by atoms with Crippen LogP contribution < -0.4 is 0 Å². The summed E-state index contributed by atoms with van der Waals surface area (Å²) in [5.74, 6) is 1.46. The first kappa shape index (κ1) is 15.5. The molecule has 2 fully saturated rings. The van der Waals surface area contributed by atoms with Gasteiger partial charge in [0.1, 0.15) is 0 Å². The van der Waals surface area contributed by atoms with E-state index < -0.39 is 0 Å². The standard InChI is InChI=1S/C18H29NOS/c1-12(2)17-7-8-18(21-17)15-5-6-16(9-15)19-10-13(3)20-14(4)11-19/h7-8,12-16H,5-6,9-11H2,1-4H3/t13-,14+,15-,16+/m0/s1. The van der Waals surface area contributed by atoms with Crippen molar-refractivity contribution < 1.29 is 4.74 Å². The van der Waals surface area contributed by atoms with Gasteiger partial charge in [0, 0.05) is 28.9 Å². The maximum atomic E-state index is 5.88. The van der Waals surface area contributed by atoms with E-state index in [-0.39, 0.29) is 0 Å². The number of hydrogen-bond donors (Lipinski definition) is 0. The molecule has 1 aliphatic heterocycles. The Kier molecular flexibility index (Phi) is 4.72. The summed E-state index contributed by atoms with van der Waals surface area (Å²) in [6.45, 7) is 11.2. The van der Waals surface area contributed by atoms with E-state index in [1.54, 1.807) is 9.75 Å². The predicted octanol–water partition coefficient (Wildman–Crippen LogP) is 4.62. The van der Waals surface area contributed by atoms with Crippen LogP contribution in [0.25, 0.3) is 0 Å². The summed E-state index contributed by atoms with van der Waals surface area (Å²) in [7, 11) is 0. The van der Waals surface area contributed by atoms with Gasteiger partial charge in [-0.1, -0.05) is 13.8 Å². The van der Waals surface area contributed by atoms with E-state index in [2.05, 4.69) is 44.7 Å². The summed E-state index contributed by atoms with van der Waals surface area (Å²) in [5.41, 5.74) is 0. The van der Waals surface area contributed by atoms with Crippen molar-refractivity contribution >= 4 is 11.3 Å². The first-order valence-electron chi connectivity index (χ1n) is 8.52. The van der Waals surface area contributed by atoms with E-state index in [0.717, 1.165) is 25.0 Å². The van der Waals surface area contributed by atoms with Crippen LogP contribution in [0.5, 0.6) is 0 Å². The van der Waals surface area contributed by atoms with E-state index >= 15 is 0 Å². The van der Waals surface area contributed by atoms with Crippen LogP contribution >= 0.6 is 11.3 Å². The van der Waals surface area contributed by atoms with E-state index in [4.69, 9.17) is 4.74 Å². The van der Waals surface area contributed by atoms with Crippen molar-refractivity contribution in [3.8, 4) is 0 Å². The molecule has 0 N–H and O–H groups in total. The molecule has 0 amide bonds. The van der Waals surface area contributed by atoms with Gasteiger partial charge in [0.2, 0.25) is 0 Å². The Morgan fingerprint density at radius 1 is 1.14 bits per heavy atom. The van der Waals surface area contributed by atoms with Gasteiger partial charge in [-0.2, -0.15) is 0 Å². The van der Waals surface area contributed by atoms with E-state index in [1.807, 2.05) is 11.3 Å². The lowest BCUT2D eigenvalue weighted by atomic mass is 10.0. The third-order valence-electron chi connectivity index (χ3n) is 4.99. The van der Waals surface area contributed by atoms with Crippen LogP contribution in [0, 0.1) is 0 Å². The van der Waals surface area contributed by atoms with Crippen LogP contribution in [0.15, 0.2) is 12.1 Å². The number of ether oxygens (including phenoxy) is 1. The average Bonchev–Trinajstić information content (AvgIpc) is 3.07. The van der Waals surface area contributed by atoms with Crippen molar-refractivity contribution in [2.75, 3.05) is 13.1 Å². The van der Waals surface area contributed by atoms with Gasteiger partial charge in [-0.3, -0.25) is 4.90 Å². The van der Waals surface area contributed by atoms with Crippen molar-refractivity contribution in [3.63, 3.8) is 0 Å². The molecular formula is C18H29NOS. The average molecular weight is 308 g/mol. The summed E-state index contributed by atoms with van der Waals surface area (Å²) < 4.78 is 5.88. The van der Waals surface area contributed by atoms with Crippen LogP contribution in [-0.4, -0.2) is 36.2 Å². The van der Waals surface area contributed by atoms with Gasteiger partial charge >= 0.3 is 0 Å². The SMILES string of the molecule is CC(C)c1ccc([C@H]2CC[C@@H](N3C[C@@H](C)O[C@@H](C)C3)C2)s1. The molecular weight excluding hydrogens is 278 g/mol. The van der Waals surface area contributed by atoms with Crippen LogP contribution in [0.2, 0.25) is 0 Å². The smallest absolute Gasteiger partial charge is 0.0678 e. The van der Waals surface area contributed by atoms with Crippen molar-refractivity contribution in [3.05, 3.63) is 21.9 Å². The lowest BCUT2D eigenvalue weighted by Gasteiger charge is -2.39. The fraction of sp³-hybridized carbons (Fsp3) is 0.778. The fourth-order valence-electron chi connectivity index (χ4n) is 3.96. The molecule has 2 heterocycles. The molecule has 1 saturated carbocycles. The Hall–Kier alpha value is -0.380. The molecule has 2 nitrogen and oxygen atoms in total. The minimum Gasteiger partial charge on any atom is -0.373 e. The summed E-state index contributed by atoms with van der Waals surface area (Å²) in [5, 5.41) is 0. The topological polar surface area (TPSA) is 12.5 Å². The van der Waals surface area contributed by atoms with Gasteiger partial charge in [0.05, 0.1) is 12.2 Å². The maximum absolute atomic E-state index is 5.88. The first-order valence-corrected chi connectivity index (χ1v) is 9.33. The molecule has 0 radical (unpaired) electrons. The monoisotopic (exact) mass is 307 g/mol. The number of morpholine rings is 1. The summed E-state index contributed by atoms with van der Waals surface area (Å²) in [6.07, 6.45) is 4.85. The van der Waals surface area contributed by atoms with E-state index in [9.17, 15) is 0 Å². The zero-order chi connectivity index (χ0) is 15.0. The molecule has 4 atom stereocenters. The molecule has 2 aliphatic rings. The molecule has 1 aromatic rings. The number of nitrogens with zero attached hydrogens (tertiary/aromatic N) is 1. The van der Waals surface area contributed by atoms with Crippen molar-refractivity contribution in [2.45, 2.75) is 77.0 Å². The normalized spacial score (nSPS) is 34.7. The Labute approximate surface area is 133 Å². The molecule has 21 heavy (non-hydrogen) atoms.